The van der Waals surface area contributed by atoms with Crippen molar-refractivity contribution in [1.82, 2.24) is 4.90 Å². The Hall–Kier alpha value is -0.420. The Kier molecular flexibility index (Phi) is 10.2. The number of amides is 1. The molecule has 0 aliphatic rings. The molecular weight excluding hydrogens is 305 g/mol. The second kappa shape index (κ2) is 10.4. The van der Waals surface area contributed by atoms with E-state index in [2.05, 4.69) is 0 Å². The van der Waals surface area contributed by atoms with Crippen molar-refractivity contribution >= 4 is 13.5 Å². The fraction of sp³-hybridized carbons (Fsp3) is 0.933. The van der Waals surface area contributed by atoms with Crippen molar-refractivity contribution in [2.75, 3.05) is 19.8 Å². The van der Waals surface area contributed by atoms with Crippen LogP contribution in [-0.4, -0.2) is 53.5 Å². The van der Waals surface area contributed by atoms with E-state index in [9.17, 15) is 14.5 Å². The molecule has 0 saturated heterocycles. The third kappa shape index (κ3) is 5.99. The van der Waals surface area contributed by atoms with Gasteiger partial charge in [-0.25, -0.2) is 0 Å². The van der Waals surface area contributed by atoms with Gasteiger partial charge in [0.25, 0.3) is 0 Å². The Morgan fingerprint density at radius 1 is 1.14 bits per heavy atom. The summed E-state index contributed by atoms with van der Waals surface area (Å²) < 4.78 is 23.3. The summed E-state index contributed by atoms with van der Waals surface area (Å²) in [5.41, 5.74) is -0.516. The van der Waals surface area contributed by atoms with Gasteiger partial charge in [0.05, 0.1) is 31.5 Å². The lowest BCUT2D eigenvalue weighted by molar-refractivity contribution is -0.136. The van der Waals surface area contributed by atoms with Gasteiger partial charge in [-0.3, -0.25) is 9.36 Å². The zero-order valence-electron chi connectivity index (χ0n) is 14.7. The summed E-state index contributed by atoms with van der Waals surface area (Å²) in [6, 6.07) is -0.256. The number of rotatable bonds is 11. The van der Waals surface area contributed by atoms with Gasteiger partial charge in [0, 0.05) is 12.5 Å². The van der Waals surface area contributed by atoms with Crippen molar-refractivity contribution in [2.45, 2.75) is 72.1 Å². The summed E-state index contributed by atoms with van der Waals surface area (Å²) in [5, 5.41) is 9.46. The maximum Gasteiger partial charge on any atom is 0.333 e. The van der Waals surface area contributed by atoms with Crippen LogP contribution in [0.25, 0.3) is 0 Å². The van der Waals surface area contributed by atoms with Crippen LogP contribution in [0.1, 0.15) is 54.4 Å². The summed E-state index contributed by atoms with van der Waals surface area (Å²) in [6.45, 7) is 11.4. The molecule has 22 heavy (non-hydrogen) atoms. The second-order valence-electron chi connectivity index (χ2n) is 5.57. The average molecular weight is 337 g/mol. The molecule has 1 amide bonds. The molecule has 0 saturated carbocycles. The molecule has 0 fully saturated rings. The van der Waals surface area contributed by atoms with Crippen LogP contribution < -0.4 is 0 Å². The number of carbonyl (C=O) groups is 1. The molecule has 0 aromatic carbocycles. The van der Waals surface area contributed by atoms with Gasteiger partial charge in [-0.1, -0.05) is 13.8 Å². The Bertz CT molecular complexity index is 361. The molecule has 2 atom stereocenters. The molecule has 0 aromatic heterocycles. The zero-order chi connectivity index (χ0) is 17.3. The third-order valence-electron chi connectivity index (χ3n) is 3.55. The van der Waals surface area contributed by atoms with Crippen LogP contribution in [0, 0.1) is 0 Å². The van der Waals surface area contributed by atoms with Crippen LogP contribution in [0.4, 0.5) is 0 Å². The molecule has 0 aliphatic heterocycles. The fourth-order valence-corrected chi connectivity index (χ4v) is 4.13. The van der Waals surface area contributed by atoms with Crippen molar-refractivity contribution < 1.29 is 23.5 Å². The molecule has 0 aromatic rings. The highest BCUT2D eigenvalue weighted by atomic mass is 31.2. The summed E-state index contributed by atoms with van der Waals surface area (Å²) in [7, 11) is -3.29. The summed E-state index contributed by atoms with van der Waals surface area (Å²) >= 11 is 0. The van der Waals surface area contributed by atoms with Gasteiger partial charge in [-0.05, 0) is 34.1 Å². The first kappa shape index (κ1) is 21.6. The van der Waals surface area contributed by atoms with E-state index in [1.54, 1.807) is 25.7 Å². The molecule has 7 heteroatoms. The van der Waals surface area contributed by atoms with Gasteiger partial charge in [0.15, 0.2) is 0 Å². The Labute approximate surface area is 134 Å². The minimum absolute atomic E-state index is 0.0321. The van der Waals surface area contributed by atoms with E-state index in [0.717, 1.165) is 0 Å². The van der Waals surface area contributed by atoms with E-state index < -0.39 is 13.3 Å². The quantitative estimate of drug-likeness (QED) is 0.587. The van der Waals surface area contributed by atoms with Crippen LogP contribution in [0.2, 0.25) is 0 Å². The highest BCUT2D eigenvalue weighted by molar-refractivity contribution is 7.54. The lowest BCUT2D eigenvalue weighted by atomic mass is 10.1. The summed E-state index contributed by atoms with van der Waals surface area (Å²) in [6.07, 6.45) is 0.745. The van der Waals surface area contributed by atoms with Crippen LogP contribution in [-0.2, 0) is 18.4 Å². The van der Waals surface area contributed by atoms with Crippen LogP contribution in [0.3, 0.4) is 0 Å². The lowest BCUT2D eigenvalue weighted by Crippen LogP contribution is -2.47. The molecule has 0 heterocycles. The van der Waals surface area contributed by atoms with Gasteiger partial charge < -0.3 is 19.1 Å². The Morgan fingerprint density at radius 3 is 1.95 bits per heavy atom. The second-order valence-corrected chi connectivity index (χ2v) is 8.05. The first-order chi connectivity index (χ1) is 10.3. The minimum Gasteiger partial charge on any atom is -0.394 e. The van der Waals surface area contributed by atoms with Crippen molar-refractivity contribution in [3.8, 4) is 0 Å². The van der Waals surface area contributed by atoms with Gasteiger partial charge in [-0.2, -0.15) is 0 Å². The third-order valence-corrected chi connectivity index (χ3v) is 6.05. The molecule has 0 aliphatic carbocycles. The summed E-state index contributed by atoms with van der Waals surface area (Å²) in [4.78, 5) is 14.3. The smallest absolute Gasteiger partial charge is 0.333 e. The fourth-order valence-electron chi connectivity index (χ4n) is 2.45. The number of aliphatic hydroxyl groups is 1. The van der Waals surface area contributed by atoms with Crippen molar-refractivity contribution in [3.63, 3.8) is 0 Å². The zero-order valence-corrected chi connectivity index (χ0v) is 15.6. The maximum atomic E-state index is 12.7. The van der Waals surface area contributed by atoms with E-state index in [-0.39, 0.29) is 44.2 Å². The van der Waals surface area contributed by atoms with Crippen LogP contribution in [0.5, 0.6) is 0 Å². The van der Waals surface area contributed by atoms with Crippen LogP contribution >= 0.6 is 7.60 Å². The van der Waals surface area contributed by atoms with E-state index in [4.69, 9.17) is 9.05 Å². The molecule has 0 bridgehead atoms. The number of hydrogen-bond acceptors (Lipinski definition) is 5. The maximum absolute atomic E-state index is 12.7. The van der Waals surface area contributed by atoms with E-state index >= 15 is 0 Å². The number of nitrogens with zero attached hydrogens (tertiary/aromatic N) is 1. The van der Waals surface area contributed by atoms with Gasteiger partial charge in [0.2, 0.25) is 5.91 Å². The van der Waals surface area contributed by atoms with E-state index in [0.29, 0.717) is 6.42 Å². The SMILES string of the molecule is CCOP(=O)(OCC)C(C)CC(=O)N(C(C)C)[C@H](CC)CO. The van der Waals surface area contributed by atoms with Gasteiger partial charge in [-0.15, -0.1) is 0 Å². The number of aliphatic hydroxyl groups excluding tert-OH is 1. The lowest BCUT2D eigenvalue weighted by Gasteiger charge is -2.35. The number of carbonyl (C=O) groups excluding carboxylic acids is 1. The first-order valence-corrected chi connectivity index (χ1v) is 9.69. The van der Waals surface area contributed by atoms with Crippen molar-refractivity contribution in [3.05, 3.63) is 0 Å². The minimum atomic E-state index is -3.29. The number of hydrogen-bond donors (Lipinski definition) is 1. The largest absolute Gasteiger partial charge is 0.394 e. The van der Waals surface area contributed by atoms with Crippen LogP contribution in [0.15, 0.2) is 0 Å². The topological polar surface area (TPSA) is 76.1 Å². The molecule has 132 valence electrons. The average Bonchev–Trinajstić information content (AvgIpc) is 2.44. The predicted molar refractivity (Wildman–Crippen MR) is 88.1 cm³/mol. The Balaban J connectivity index is 5.08. The van der Waals surface area contributed by atoms with Crippen molar-refractivity contribution in [1.29, 1.82) is 0 Å². The molecule has 1 N–H and O–H groups in total. The van der Waals surface area contributed by atoms with Gasteiger partial charge >= 0.3 is 7.60 Å². The molecule has 0 rings (SSSR count). The molecule has 0 radical (unpaired) electrons. The highest BCUT2D eigenvalue weighted by Gasteiger charge is 2.36. The monoisotopic (exact) mass is 337 g/mol. The molecule has 0 spiro atoms. The molecule has 1 unspecified atom stereocenters. The van der Waals surface area contributed by atoms with Gasteiger partial charge in [0.1, 0.15) is 0 Å². The predicted octanol–water partition coefficient (Wildman–Crippen LogP) is 3.04. The molecular formula is C15H32NO5P. The summed E-state index contributed by atoms with van der Waals surface area (Å²) in [5.74, 6) is -0.136. The normalized spacial score (nSPS) is 14.9. The first-order valence-electron chi connectivity index (χ1n) is 8.08. The van der Waals surface area contributed by atoms with E-state index in [1.807, 2.05) is 20.8 Å². The Morgan fingerprint density at radius 2 is 1.64 bits per heavy atom. The van der Waals surface area contributed by atoms with E-state index in [1.165, 1.54) is 0 Å². The standard InChI is InChI=1S/C15H32NO5P/c1-7-14(11-17)16(12(4)5)15(18)10-13(6)22(19,20-8-2)21-9-3/h12-14,17H,7-11H2,1-6H3/t13?,14-/m1/s1. The molecule has 6 nitrogen and oxygen atoms in total. The highest BCUT2D eigenvalue weighted by Crippen LogP contribution is 2.54. The van der Waals surface area contributed by atoms with Crippen molar-refractivity contribution in [2.24, 2.45) is 0 Å².